The van der Waals surface area contributed by atoms with Crippen LogP contribution in [0.3, 0.4) is 0 Å². The van der Waals surface area contributed by atoms with Crippen molar-refractivity contribution in [3.63, 3.8) is 0 Å². The van der Waals surface area contributed by atoms with Crippen LogP contribution in [0.4, 0.5) is 0 Å². The molecule has 1 N–H and O–H groups in total. The molecule has 0 aliphatic rings. The molecular weight excluding hydrogens is 222 g/mol. The molecule has 0 radical (unpaired) electrons. The minimum Gasteiger partial charge on any atom is -0.506 e. The highest BCUT2D eigenvalue weighted by atomic mass is 16.3. The lowest BCUT2D eigenvalue weighted by atomic mass is 9.98. The van der Waals surface area contributed by atoms with Crippen molar-refractivity contribution in [2.75, 3.05) is 0 Å². The first-order chi connectivity index (χ1) is 8.75. The third kappa shape index (κ3) is 1.72. The van der Waals surface area contributed by atoms with Gasteiger partial charge < -0.3 is 5.11 Å². The van der Waals surface area contributed by atoms with Gasteiger partial charge in [0.15, 0.2) is 0 Å². The molecule has 3 aromatic rings. The summed E-state index contributed by atoms with van der Waals surface area (Å²) in [5.41, 5.74) is 3.23. The van der Waals surface area contributed by atoms with Gasteiger partial charge >= 0.3 is 0 Å². The highest BCUT2D eigenvalue weighted by Gasteiger charge is 2.06. The number of fused-ring (bicyclic) bond motifs is 1. The number of hydrogen-bond acceptors (Lipinski definition) is 2. The Labute approximate surface area is 106 Å². The zero-order chi connectivity index (χ0) is 12.5. The fraction of sp³-hybridized carbons (Fsp3) is 0.0625. The minimum absolute atomic E-state index is 0.190. The van der Waals surface area contributed by atoms with E-state index in [1.54, 1.807) is 6.07 Å². The lowest BCUT2D eigenvalue weighted by molar-refractivity contribution is 0.473. The summed E-state index contributed by atoms with van der Waals surface area (Å²) in [6.07, 6.45) is 1.48. The topological polar surface area (TPSA) is 33.1 Å². The molecule has 0 spiro atoms. The van der Waals surface area contributed by atoms with Gasteiger partial charge in [-0.05, 0) is 35.4 Å². The Bertz CT molecular complexity index is 702. The van der Waals surface area contributed by atoms with Gasteiger partial charge in [-0.3, -0.25) is 4.98 Å². The summed E-state index contributed by atoms with van der Waals surface area (Å²) in [6, 6.07) is 16.0. The maximum absolute atomic E-state index is 9.30. The molecule has 0 unspecified atom stereocenters. The molecule has 0 aliphatic heterocycles. The van der Waals surface area contributed by atoms with Crippen LogP contribution in [0.25, 0.3) is 22.0 Å². The Morgan fingerprint density at radius 2 is 1.67 bits per heavy atom. The van der Waals surface area contributed by atoms with Crippen molar-refractivity contribution < 1.29 is 5.11 Å². The summed E-state index contributed by atoms with van der Waals surface area (Å²) in [6.45, 7) is 2.11. The molecule has 0 saturated heterocycles. The maximum atomic E-state index is 9.30. The number of nitrogens with zero attached hydrogens (tertiary/aromatic N) is 1. The number of rotatable bonds is 1. The number of benzene rings is 2. The van der Waals surface area contributed by atoms with E-state index in [1.807, 2.05) is 18.2 Å². The van der Waals surface area contributed by atoms with Crippen LogP contribution in [-0.2, 0) is 0 Å². The van der Waals surface area contributed by atoms with Gasteiger partial charge in [0.2, 0.25) is 0 Å². The van der Waals surface area contributed by atoms with E-state index in [9.17, 15) is 5.11 Å². The predicted octanol–water partition coefficient (Wildman–Crippen LogP) is 3.92. The molecule has 0 aliphatic carbocycles. The summed E-state index contributed by atoms with van der Waals surface area (Å²) in [4.78, 5) is 4.28. The van der Waals surface area contributed by atoms with E-state index in [1.165, 1.54) is 22.5 Å². The van der Waals surface area contributed by atoms with Gasteiger partial charge in [0.25, 0.3) is 0 Å². The van der Waals surface area contributed by atoms with Gasteiger partial charge in [0.1, 0.15) is 5.75 Å². The highest BCUT2D eigenvalue weighted by Crippen LogP contribution is 2.29. The van der Waals surface area contributed by atoms with E-state index in [4.69, 9.17) is 0 Å². The van der Waals surface area contributed by atoms with E-state index in [2.05, 4.69) is 36.2 Å². The smallest absolute Gasteiger partial charge is 0.133 e. The van der Waals surface area contributed by atoms with Crippen LogP contribution >= 0.6 is 0 Å². The first-order valence-electron chi connectivity index (χ1n) is 5.89. The molecule has 0 amide bonds. The predicted molar refractivity (Wildman–Crippen MR) is 73.6 cm³/mol. The van der Waals surface area contributed by atoms with Crippen molar-refractivity contribution in [1.82, 2.24) is 4.98 Å². The van der Waals surface area contributed by atoms with E-state index in [-0.39, 0.29) is 5.75 Å². The van der Waals surface area contributed by atoms with Crippen LogP contribution in [0.2, 0.25) is 0 Å². The molecule has 2 heteroatoms. The second kappa shape index (κ2) is 4.15. The van der Waals surface area contributed by atoms with Crippen molar-refractivity contribution >= 4 is 10.8 Å². The zero-order valence-corrected chi connectivity index (χ0v) is 10.1. The Morgan fingerprint density at radius 3 is 2.39 bits per heavy atom. The van der Waals surface area contributed by atoms with Crippen LogP contribution in [0.15, 0.2) is 54.7 Å². The van der Waals surface area contributed by atoms with Crippen LogP contribution < -0.4 is 0 Å². The summed E-state index contributed by atoms with van der Waals surface area (Å²) in [5, 5.41) is 11.7. The number of pyridine rings is 1. The number of aromatic nitrogens is 1. The van der Waals surface area contributed by atoms with Crippen molar-refractivity contribution in [2.24, 2.45) is 0 Å². The lowest BCUT2D eigenvalue weighted by Gasteiger charge is -2.08. The Morgan fingerprint density at radius 1 is 0.889 bits per heavy atom. The van der Waals surface area contributed by atoms with Crippen molar-refractivity contribution in [3.8, 4) is 17.0 Å². The third-order valence-electron chi connectivity index (χ3n) is 3.17. The van der Waals surface area contributed by atoms with Crippen LogP contribution in [-0.4, -0.2) is 10.1 Å². The van der Waals surface area contributed by atoms with Crippen molar-refractivity contribution in [3.05, 3.63) is 60.3 Å². The monoisotopic (exact) mass is 235 g/mol. The molecular formula is C16H13NO. The normalized spacial score (nSPS) is 10.7. The lowest BCUT2D eigenvalue weighted by Crippen LogP contribution is -1.86. The van der Waals surface area contributed by atoms with Gasteiger partial charge in [0.05, 0.1) is 11.9 Å². The quantitative estimate of drug-likeness (QED) is 0.693. The fourth-order valence-electron chi connectivity index (χ4n) is 2.22. The Balaban J connectivity index is 2.30. The standard InChI is InChI=1S/C16H13NO/c1-11-6-8-15(14-5-3-2-4-13(11)14)16-9-7-12(18)10-17-16/h2-10,18H,1H3. The van der Waals surface area contributed by atoms with E-state index < -0.39 is 0 Å². The molecule has 2 nitrogen and oxygen atoms in total. The summed E-state index contributed by atoms with van der Waals surface area (Å²) < 4.78 is 0. The Kier molecular flexibility index (Phi) is 2.49. The average molecular weight is 235 g/mol. The zero-order valence-electron chi connectivity index (χ0n) is 10.1. The third-order valence-corrected chi connectivity index (χ3v) is 3.17. The highest BCUT2D eigenvalue weighted by molar-refractivity contribution is 5.97. The molecule has 0 fully saturated rings. The van der Waals surface area contributed by atoms with Gasteiger partial charge in [-0.1, -0.05) is 36.4 Å². The maximum Gasteiger partial charge on any atom is 0.133 e. The molecule has 3 rings (SSSR count). The molecule has 0 bridgehead atoms. The van der Waals surface area contributed by atoms with Gasteiger partial charge in [-0.15, -0.1) is 0 Å². The number of aromatic hydroxyl groups is 1. The second-order valence-corrected chi connectivity index (χ2v) is 4.38. The molecule has 0 atom stereocenters. The number of aryl methyl sites for hydroxylation is 1. The second-order valence-electron chi connectivity index (χ2n) is 4.38. The van der Waals surface area contributed by atoms with Crippen LogP contribution in [0.1, 0.15) is 5.56 Å². The fourth-order valence-corrected chi connectivity index (χ4v) is 2.22. The molecule has 1 aromatic heterocycles. The average Bonchev–Trinajstić information content (AvgIpc) is 2.41. The first-order valence-corrected chi connectivity index (χ1v) is 5.89. The van der Waals surface area contributed by atoms with E-state index in [0.29, 0.717) is 0 Å². The molecule has 2 aromatic carbocycles. The van der Waals surface area contributed by atoms with Crippen molar-refractivity contribution in [1.29, 1.82) is 0 Å². The summed E-state index contributed by atoms with van der Waals surface area (Å²) in [7, 11) is 0. The molecule has 1 heterocycles. The molecule has 0 saturated carbocycles. The first kappa shape index (κ1) is 10.8. The summed E-state index contributed by atoms with van der Waals surface area (Å²) >= 11 is 0. The van der Waals surface area contributed by atoms with Crippen LogP contribution in [0, 0.1) is 6.92 Å². The van der Waals surface area contributed by atoms with Gasteiger partial charge in [-0.2, -0.15) is 0 Å². The Hall–Kier alpha value is -2.35. The van der Waals surface area contributed by atoms with E-state index >= 15 is 0 Å². The van der Waals surface area contributed by atoms with Crippen LogP contribution in [0.5, 0.6) is 5.75 Å². The summed E-state index contributed by atoms with van der Waals surface area (Å²) in [5.74, 6) is 0.190. The van der Waals surface area contributed by atoms with Gasteiger partial charge in [0, 0.05) is 5.56 Å². The molecule has 18 heavy (non-hydrogen) atoms. The van der Waals surface area contributed by atoms with E-state index in [0.717, 1.165) is 11.3 Å². The largest absolute Gasteiger partial charge is 0.506 e. The van der Waals surface area contributed by atoms with Gasteiger partial charge in [-0.25, -0.2) is 0 Å². The molecule has 88 valence electrons. The van der Waals surface area contributed by atoms with Crippen molar-refractivity contribution in [2.45, 2.75) is 6.92 Å². The number of hydrogen-bond donors (Lipinski definition) is 1. The minimum atomic E-state index is 0.190. The SMILES string of the molecule is Cc1ccc(-c2ccc(O)cn2)c2ccccc12.